The Morgan fingerprint density at radius 3 is 2.67 bits per heavy atom. The van der Waals surface area contributed by atoms with Gasteiger partial charge in [0.05, 0.1) is 10.6 Å². The first-order chi connectivity index (χ1) is 11.5. The van der Waals surface area contributed by atoms with Gasteiger partial charge in [-0.25, -0.2) is 12.8 Å². The van der Waals surface area contributed by atoms with Gasteiger partial charge in [0.1, 0.15) is 5.82 Å². The summed E-state index contributed by atoms with van der Waals surface area (Å²) in [6.45, 7) is 0. The highest BCUT2D eigenvalue weighted by atomic mass is 32.2. The average Bonchev–Trinajstić information content (AvgIpc) is 2.95. The van der Waals surface area contributed by atoms with Crippen LogP contribution in [0.15, 0.2) is 47.4 Å². The Labute approximate surface area is 139 Å². The number of anilines is 1. The lowest BCUT2D eigenvalue weighted by Gasteiger charge is -2.11. The fraction of sp³-hybridized carbons (Fsp3) is 0.222. The molecule has 0 unspecified atom stereocenters. The molecule has 0 aliphatic heterocycles. The van der Waals surface area contributed by atoms with Crippen LogP contribution in [0.3, 0.4) is 0 Å². The van der Waals surface area contributed by atoms with E-state index in [0.717, 1.165) is 36.6 Å². The molecule has 0 saturated carbocycles. The minimum Gasteiger partial charge on any atom is -0.358 e. The molecule has 0 radical (unpaired) electrons. The van der Waals surface area contributed by atoms with Crippen LogP contribution in [0.2, 0.25) is 0 Å². The largest absolute Gasteiger partial charge is 0.358 e. The van der Waals surface area contributed by atoms with Gasteiger partial charge in [0, 0.05) is 16.6 Å². The monoisotopic (exact) mass is 344 g/mol. The Hall–Kier alpha value is -2.34. The maximum absolute atomic E-state index is 13.7. The molecule has 0 amide bonds. The van der Waals surface area contributed by atoms with E-state index in [1.807, 2.05) is 0 Å². The summed E-state index contributed by atoms with van der Waals surface area (Å²) < 4.78 is 41.3. The fourth-order valence-electron chi connectivity index (χ4n) is 3.30. The van der Waals surface area contributed by atoms with Crippen LogP contribution in [0, 0.1) is 5.82 Å². The van der Waals surface area contributed by atoms with Crippen LogP contribution in [0.1, 0.15) is 24.1 Å². The van der Waals surface area contributed by atoms with Crippen molar-refractivity contribution in [1.82, 2.24) is 4.98 Å². The molecule has 1 heterocycles. The predicted molar refractivity (Wildman–Crippen MR) is 92.1 cm³/mol. The number of hydrogen-bond acceptors (Lipinski definition) is 2. The molecule has 3 aromatic rings. The second-order valence-electron chi connectivity index (χ2n) is 6.08. The molecule has 1 aromatic heterocycles. The Morgan fingerprint density at radius 2 is 1.83 bits per heavy atom. The molecular formula is C18H17FN2O2S. The quantitative estimate of drug-likeness (QED) is 0.755. The summed E-state index contributed by atoms with van der Waals surface area (Å²) in [6, 6.07) is 10.8. The lowest BCUT2D eigenvalue weighted by molar-refractivity contribution is 0.598. The van der Waals surface area contributed by atoms with Crippen molar-refractivity contribution in [3.8, 4) is 0 Å². The average molecular weight is 344 g/mol. The number of fused-ring (bicyclic) bond motifs is 3. The van der Waals surface area contributed by atoms with Crippen LogP contribution in [0.5, 0.6) is 0 Å². The number of aromatic nitrogens is 1. The Balaban J connectivity index is 1.76. The number of nitrogens with one attached hydrogen (secondary N) is 2. The maximum atomic E-state index is 13.7. The Kier molecular flexibility index (Phi) is 3.57. The van der Waals surface area contributed by atoms with Gasteiger partial charge in [0.25, 0.3) is 10.0 Å². The third-order valence-electron chi connectivity index (χ3n) is 4.50. The molecule has 4 nitrogen and oxygen atoms in total. The van der Waals surface area contributed by atoms with E-state index in [9.17, 15) is 12.8 Å². The van der Waals surface area contributed by atoms with Crippen molar-refractivity contribution in [2.75, 3.05) is 4.72 Å². The van der Waals surface area contributed by atoms with Crippen LogP contribution < -0.4 is 4.72 Å². The van der Waals surface area contributed by atoms with Gasteiger partial charge in [-0.3, -0.25) is 4.72 Å². The molecule has 2 aromatic carbocycles. The van der Waals surface area contributed by atoms with E-state index in [-0.39, 0.29) is 10.6 Å². The minimum absolute atomic E-state index is 0.0475. The van der Waals surface area contributed by atoms with Crippen molar-refractivity contribution < 1.29 is 12.8 Å². The number of rotatable bonds is 3. The molecule has 2 N–H and O–H groups in total. The lowest BCUT2D eigenvalue weighted by Crippen LogP contribution is -2.13. The van der Waals surface area contributed by atoms with Gasteiger partial charge in [-0.05, 0) is 61.6 Å². The van der Waals surface area contributed by atoms with Gasteiger partial charge >= 0.3 is 0 Å². The van der Waals surface area contributed by atoms with Crippen LogP contribution in [0.4, 0.5) is 10.1 Å². The van der Waals surface area contributed by atoms with Crippen molar-refractivity contribution in [3.05, 3.63) is 59.5 Å². The molecule has 0 bridgehead atoms. The zero-order valence-electron chi connectivity index (χ0n) is 13.0. The zero-order chi connectivity index (χ0) is 16.7. The summed E-state index contributed by atoms with van der Waals surface area (Å²) in [5.74, 6) is -0.596. The number of sulfonamides is 1. The molecule has 1 aliphatic rings. The molecule has 24 heavy (non-hydrogen) atoms. The van der Waals surface area contributed by atoms with Gasteiger partial charge < -0.3 is 4.98 Å². The number of halogens is 1. The van der Waals surface area contributed by atoms with Crippen LogP contribution in [-0.4, -0.2) is 13.4 Å². The smallest absolute Gasteiger partial charge is 0.262 e. The van der Waals surface area contributed by atoms with E-state index in [1.54, 1.807) is 24.3 Å². The molecule has 0 saturated heterocycles. The van der Waals surface area contributed by atoms with Crippen LogP contribution in [-0.2, 0) is 22.9 Å². The second-order valence-corrected chi connectivity index (χ2v) is 7.76. The zero-order valence-corrected chi connectivity index (χ0v) is 13.8. The molecule has 0 fully saturated rings. The minimum atomic E-state index is -3.84. The summed E-state index contributed by atoms with van der Waals surface area (Å²) >= 11 is 0. The van der Waals surface area contributed by atoms with E-state index in [2.05, 4.69) is 9.71 Å². The highest BCUT2D eigenvalue weighted by Gasteiger charge is 2.20. The van der Waals surface area contributed by atoms with Crippen molar-refractivity contribution in [3.63, 3.8) is 0 Å². The maximum Gasteiger partial charge on any atom is 0.262 e. The third kappa shape index (κ3) is 2.57. The van der Waals surface area contributed by atoms with Gasteiger partial charge in [0.2, 0.25) is 0 Å². The van der Waals surface area contributed by atoms with Gasteiger partial charge in [-0.1, -0.05) is 12.1 Å². The molecule has 0 atom stereocenters. The van der Waals surface area contributed by atoms with Crippen LogP contribution >= 0.6 is 0 Å². The molecular weight excluding hydrogens is 327 g/mol. The first kappa shape index (κ1) is 15.2. The lowest BCUT2D eigenvalue weighted by atomic mass is 9.96. The van der Waals surface area contributed by atoms with Crippen molar-refractivity contribution >= 4 is 26.6 Å². The summed E-state index contributed by atoms with van der Waals surface area (Å²) in [5, 5.41) is 0.945. The third-order valence-corrected chi connectivity index (χ3v) is 5.86. The molecule has 4 rings (SSSR count). The van der Waals surface area contributed by atoms with Crippen molar-refractivity contribution in [2.24, 2.45) is 0 Å². The van der Waals surface area contributed by atoms with Crippen LogP contribution in [0.25, 0.3) is 10.9 Å². The van der Waals surface area contributed by atoms with E-state index < -0.39 is 15.8 Å². The number of H-pyrrole nitrogens is 1. The molecule has 6 heteroatoms. The van der Waals surface area contributed by atoms with Gasteiger partial charge in [-0.2, -0.15) is 0 Å². The number of para-hydroxylation sites is 1. The Morgan fingerprint density at radius 1 is 1.04 bits per heavy atom. The second kappa shape index (κ2) is 5.63. The number of aryl methyl sites for hydroxylation is 2. The van der Waals surface area contributed by atoms with Gasteiger partial charge in [0.15, 0.2) is 0 Å². The van der Waals surface area contributed by atoms with Crippen molar-refractivity contribution in [2.45, 2.75) is 30.6 Å². The van der Waals surface area contributed by atoms with E-state index in [1.165, 1.54) is 29.5 Å². The van der Waals surface area contributed by atoms with E-state index in [0.29, 0.717) is 0 Å². The summed E-state index contributed by atoms with van der Waals surface area (Å²) in [6.07, 6.45) is 4.23. The summed E-state index contributed by atoms with van der Waals surface area (Å²) in [5.41, 5.74) is 3.31. The first-order valence-electron chi connectivity index (χ1n) is 7.95. The summed E-state index contributed by atoms with van der Waals surface area (Å²) in [7, 11) is -3.84. The normalized spacial score (nSPS) is 14.5. The highest BCUT2D eigenvalue weighted by Crippen LogP contribution is 2.31. The number of aromatic amines is 1. The van der Waals surface area contributed by atoms with Crippen molar-refractivity contribution in [1.29, 1.82) is 0 Å². The highest BCUT2D eigenvalue weighted by molar-refractivity contribution is 7.92. The molecule has 1 aliphatic carbocycles. The van der Waals surface area contributed by atoms with E-state index in [4.69, 9.17) is 0 Å². The predicted octanol–water partition coefficient (Wildman–Crippen LogP) is 3.99. The Bertz CT molecular complexity index is 1020. The standard InChI is InChI=1S/C18H17FN2O2S/c19-15-6-2-4-8-18(15)21-24(22,23)12-9-10-17-14(11-12)13-5-1-3-7-16(13)20-17/h2,4,6,8-11,20-21H,1,3,5,7H2. The number of hydrogen-bond donors (Lipinski definition) is 2. The topological polar surface area (TPSA) is 62.0 Å². The molecule has 0 spiro atoms. The summed E-state index contributed by atoms with van der Waals surface area (Å²) in [4.78, 5) is 3.52. The van der Waals surface area contributed by atoms with E-state index >= 15 is 0 Å². The molecule has 124 valence electrons. The first-order valence-corrected chi connectivity index (χ1v) is 9.44. The number of benzene rings is 2. The van der Waals surface area contributed by atoms with Gasteiger partial charge in [-0.15, -0.1) is 0 Å². The fourth-order valence-corrected chi connectivity index (χ4v) is 4.39. The SMILES string of the molecule is O=S(=O)(Nc1ccccc1F)c1ccc2[nH]c3c(c2c1)CCCC3.